The van der Waals surface area contributed by atoms with Crippen LogP contribution in [-0.4, -0.2) is 24.4 Å². The second kappa shape index (κ2) is 6.73. The first-order valence-electron chi connectivity index (χ1n) is 8.71. The van der Waals surface area contributed by atoms with E-state index >= 15 is 0 Å². The Morgan fingerprint density at radius 3 is 2.83 bits per heavy atom. The molecule has 0 spiro atoms. The van der Waals surface area contributed by atoms with Crippen LogP contribution in [0.3, 0.4) is 0 Å². The number of rotatable bonds is 3. The third-order valence-electron chi connectivity index (χ3n) is 4.51. The van der Waals surface area contributed by atoms with E-state index in [0.717, 1.165) is 60.1 Å². The molecular weight excluding hydrogens is 300 g/mol. The fourth-order valence-electron chi connectivity index (χ4n) is 3.23. The molecule has 1 fully saturated rings. The Labute approximate surface area is 141 Å². The van der Waals surface area contributed by atoms with Crippen LogP contribution in [0.25, 0.3) is 17.3 Å². The smallest absolute Gasteiger partial charge is 0.199 e. The molecule has 4 nitrogen and oxygen atoms in total. The predicted molar refractivity (Wildman–Crippen MR) is 93.4 cm³/mol. The second-order valence-corrected chi connectivity index (χ2v) is 6.38. The third-order valence-corrected chi connectivity index (χ3v) is 4.51. The highest BCUT2D eigenvalue weighted by Gasteiger charge is 2.15. The Morgan fingerprint density at radius 2 is 2.04 bits per heavy atom. The molecule has 1 atom stereocenters. The van der Waals surface area contributed by atoms with Crippen molar-refractivity contribution in [3.8, 4) is 17.0 Å². The molecule has 124 valence electrons. The summed E-state index contributed by atoms with van der Waals surface area (Å²) in [4.78, 5) is 9.30. The van der Waals surface area contributed by atoms with Crippen molar-refractivity contribution in [1.29, 1.82) is 0 Å². The van der Waals surface area contributed by atoms with Crippen LogP contribution in [0.4, 0.5) is 0 Å². The van der Waals surface area contributed by atoms with E-state index < -0.39 is 0 Å². The normalized spacial score (nSPS) is 19.8. The number of aryl methyl sites for hydroxylation is 1. The molecule has 0 aliphatic carbocycles. The summed E-state index contributed by atoms with van der Waals surface area (Å²) in [7, 11) is 0. The summed E-state index contributed by atoms with van der Waals surface area (Å²) in [5.74, 6) is 0.847. The zero-order chi connectivity index (χ0) is 16.4. The van der Waals surface area contributed by atoms with Crippen molar-refractivity contribution in [1.82, 2.24) is 4.98 Å². The molecule has 4 heteroatoms. The molecular formula is C20H22N2O2. The Balaban J connectivity index is 1.59. The molecule has 0 bridgehead atoms. The number of ether oxygens (including phenoxy) is 2. The number of aromatic nitrogens is 1. The van der Waals surface area contributed by atoms with Crippen LogP contribution in [0, 0.1) is 6.92 Å². The highest BCUT2D eigenvalue weighted by molar-refractivity contribution is 5.63. The van der Waals surface area contributed by atoms with Gasteiger partial charge in [-0.2, -0.15) is 0 Å². The summed E-state index contributed by atoms with van der Waals surface area (Å²) in [5.41, 5.74) is 4.12. The van der Waals surface area contributed by atoms with Gasteiger partial charge in [-0.1, -0.05) is 6.08 Å². The molecule has 1 aromatic heterocycles. The fraction of sp³-hybridized carbons (Fsp3) is 0.400. The maximum atomic E-state index is 5.90. The van der Waals surface area contributed by atoms with Crippen molar-refractivity contribution in [2.45, 2.75) is 38.9 Å². The molecule has 2 aromatic rings. The molecule has 3 heterocycles. The van der Waals surface area contributed by atoms with Gasteiger partial charge in [0.2, 0.25) is 0 Å². The largest absolute Gasteiger partial charge is 0.465 e. The van der Waals surface area contributed by atoms with E-state index in [2.05, 4.69) is 36.2 Å². The Hall–Kier alpha value is -2.20. The van der Waals surface area contributed by atoms with Crippen LogP contribution in [0.1, 0.15) is 31.2 Å². The van der Waals surface area contributed by atoms with Crippen molar-refractivity contribution < 1.29 is 9.47 Å². The zero-order valence-corrected chi connectivity index (χ0v) is 14.0. The molecule has 0 amide bonds. The van der Waals surface area contributed by atoms with Crippen LogP contribution >= 0.6 is 0 Å². The van der Waals surface area contributed by atoms with Gasteiger partial charge in [0.1, 0.15) is 5.75 Å². The molecule has 1 saturated heterocycles. The van der Waals surface area contributed by atoms with Crippen LogP contribution < -0.4 is 15.4 Å². The molecule has 0 saturated carbocycles. The maximum absolute atomic E-state index is 5.90. The second-order valence-electron chi connectivity index (χ2n) is 6.38. The minimum Gasteiger partial charge on any atom is -0.465 e. The number of pyridine rings is 1. The molecule has 1 unspecified atom stereocenters. The fourth-order valence-corrected chi connectivity index (χ4v) is 3.23. The highest BCUT2D eigenvalue weighted by atomic mass is 16.7. The van der Waals surface area contributed by atoms with E-state index in [1.54, 1.807) is 0 Å². The number of benzene rings is 1. The van der Waals surface area contributed by atoms with Gasteiger partial charge in [0.05, 0.1) is 12.3 Å². The predicted octanol–water partition coefficient (Wildman–Crippen LogP) is 2.77. The van der Waals surface area contributed by atoms with Gasteiger partial charge in [0.25, 0.3) is 0 Å². The summed E-state index contributed by atoms with van der Waals surface area (Å²) in [6, 6.07) is 10.3. The molecule has 2 aliphatic rings. The lowest BCUT2D eigenvalue weighted by Crippen LogP contribution is -2.32. The van der Waals surface area contributed by atoms with Gasteiger partial charge >= 0.3 is 0 Å². The first kappa shape index (κ1) is 15.3. The third kappa shape index (κ3) is 3.20. The van der Waals surface area contributed by atoms with Gasteiger partial charge < -0.3 is 9.47 Å². The lowest BCUT2D eigenvalue weighted by atomic mass is 10.1. The number of hydrogen-bond acceptors (Lipinski definition) is 4. The van der Waals surface area contributed by atoms with Crippen molar-refractivity contribution >= 4 is 6.08 Å². The van der Waals surface area contributed by atoms with Crippen LogP contribution in [0.15, 0.2) is 35.3 Å². The van der Waals surface area contributed by atoms with Gasteiger partial charge in [0.15, 0.2) is 11.8 Å². The van der Waals surface area contributed by atoms with E-state index in [0.29, 0.717) is 0 Å². The SMILES string of the molecule is Cc1cc2c(nc1-c1ccc(OC3CCCCO3)cc1)=NCCC=2. The number of fused-ring (bicyclic) bond motifs is 1. The average molecular weight is 322 g/mol. The zero-order valence-electron chi connectivity index (χ0n) is 14.0. The molecule has 2 aliphatic heterocycles. The van der Waals surface area contributed by atoms with Gasteiger partial charge in [-0.05, 0) is 62.1 Å². The Bertz CT molecular complexity index is 837. The van der Waals surface area contributed by atoms with Gasteiger partial charge in [0, 0.05) is 23.7 Å². The average Bonchev–Trinajstić information content (AvgIpc) is 2.63. The van der Waals surface area contributed by atoms with Crippen molar-refractivity contribution in [3.63, 3.8) is 0 Å². The lowest BCUT2D eigenvalue weighted by molar-refractivity contribution is -0.105. The van der Waals surface area contributed by atoms with Gasteiger partial charge in [-0.3, -0.25) is 4.99 Å². The van der Waals surface area contributed by atoms with Gasteiger partial charge in [-0.25, -0.2) is 4.98 Å². The molecule has 1 aromatic carbocycles. The minimum absolute atomic E-state index is 0.109. The maximum Gasteiger partial charge on any atom is 0.199 e. The summed E-state index contributed by atoms with van der Waals surface area (Å²) in [5, 5.41) is 1.15. The summed E-state index contributed by atoms with van der Waals surface area (Å²) >= 11 is 0. The van der Waals surface area contributed by atoms with Crippen LogP contribution in [0.5, 0.6) is 5.75 Å². The summed E-state index contributed by atoms with van der Waals surface area (Å²) in [6.07, 6.45) is 6.37. The summed E-state index contributed by atoms with van der Waals surface area (Å²) in [6.45, 7) is 3.73. The van der Waals surface area contributed by atoms with E-state index in [1.165, 1.54) is 12.0 Å². The van der Waals surface area contributed by atoms with E-state index in [-0.39, 0.29) is 6.29 Å². The highest BCUT2D eigenvalue weighted by Crippen LogP contribution is 2.24. The van der Waals surface area contributed by atoms with E-state index in [4.69, 9.17) is 14.5 Å². The lowest BCUT2D eigenvalue weighted by Gasteiger charge is -2.23. The van der Waals surface area contributed by atoms with Crippen molar-refractivity contribution in [2.24, 2.45) is 4.99 Å². The molecule has 24 heavy (non-hydrogen) atoms. The Morgan fingerprint density at radius 1 is 1.17 bits per heavy atom. The van der Waals surface area contributed by atoms with E-state index in [1.807, 2.05) is 12.1 Å². The first-order valence-corrected chi connectivity index (χ1v) is 8.71. The van der Waals surface area contributed by atoms with Crippen LogP contribution in [-0.2, 0) is 4.74 Å². The summed E-state index contributed by atoms with van der Waals surface area (Å²) < 4.78 is 11.5. The minimum atomic E-state index is -0.109. The Kier molecular flexibility index (Phi) is 4.30. The van der Waals surface area contributed by atoms with Crippen LogP contribution in [0.2, 0.25) is 0 Å². The topological polar surface area (TPSA) is 43.7 Å². The molecule has 0 N–H and O–H groups in total. The number of hydrogen-bond donors (Lipinski definition) is 0. The first-order chi connectivity index (χ1) is 11.8. The van der Waals surface area contributed by atoms with E-state index in [9.17, 15) is 0 Å². The monoisotopic (exact) mass is 322 g/mol. The van der Waals surface area contributed by atoms with Crippen molar-refractivity contribution in [2.75, 3.05) is 13.2 Å². The van der Waals surface area contributed by atoms with Gasteiger partial charge in [-0.15, -0.1) is 0 Å². The number of nitrogens with zero attached hydrogens (tertiary/aromatic N) is 2. The van der Waals surface area contributed by atoms with Crippen molar-refractivity contribution in [3.05, 3.63) is 46.6 Å². The molecule has 4 rings (SSSR count). The molecule has 0 radical (unpaired) electrons. The standard InChI is InChI=1S/C20H22N2O2/c1-14-13-16-5-4-11-21-20(16)22-19(14)15-7-9-17(10-8-15)24-18-6-2-3-12-23-18/h5,7-10,13,18H,2-4,6,11-12H2,1H3. The quantitative estimate of drug-likeness (QED) is 0.873.